The summed E-state index contributed by atoms with van der Waals surface area (Å²) in [6.07, 6.45) is 4.56. The number of esters is 3. The Morgan fingerprint density at radius 3 is 1.10 bits per heavy atom. The number of carbonyl (C=O) groups is 11. The second-order valence-electron chi connectivity index (χ2n) is 30.9. The molecule has 124 heavy (non-hydrogen) atoms. The first-order valence-electron chi connectivity index (χ1n) is 40.4. The van der Waals surface area contributed by atoms with Crippen LogP contribution in [0.5, 0.6) is 0 Å². The van der Waals surface area contributed by atoms with Crippen LogP contribution in [0.3, 0.4) is 0 Å². The molecule has 8 heterocycles. The van der Waals surface area contributed by atoms with Crippen LogP contribution in [0.15, 0.2) is 191 Å². The van der Waals surface area contributed by atoms with Gasteiger partial charge in [-0.05, 0) is 163 Å². The van der Waals surface area contributed by atoms with E-state index < -0.39 is 34.1 Å². The van der Waals surface area contributed by atoms with Crippen molar-refractivity contribution in [2.75, 3.05) is 66.6 Å². The summed E-state index contributed by atoms with van der Waals surface area (Å²) in [6, 6.07) is 53.4. The first-order valence-corrected chi connectivity index (χ1v) is 45.0. The molecule has 0 spiro atoms. The molecule has 31 heteroatoms. The summed E-state index contributed by atoms with van der Waals surface area (Å²) in [7, 11) is 2.71. The van der Waals surface area contributed by atoms with Gasteiger partial charge < -0.3 is 71.5 Å². The molecule has 0 aliphatic carbocycles. The lowest BCUT2D eigenvalue weighted by molar-refractivity contribution is -0.159. The van der Waals surface area contributed by atoms with Gasteiger partial charge in [-0.3, -0.25) is 43.2 Å². The van der Waals surface area contributed by atoms with Gasteiger partial charge in [0.1, 0.15) is 22.2 Å². The summed E-state index contributed by atoms with van der Waals surface area (Å²) < 4.78 is 18.6. The van der Waals surface area contributed by atoms with E-state index >= 15 is 0 Å². The number of halogens is 4. The van der Waals surface area contributed by atoms with Gasteiger partial charge in [0, 0.05) is 155 Å². The lowest BCUT2D eigenvalue weighted by atomic mass is 9.84. The molecule has 3 N–H and O–H groups in total. The van der Waals surface area contributed by atoms with Gasteiger partial charge in [0.15, 0.2) is 0 Å². The number of benzene rings is 7. The zero-order valence-electron chi connectivity index (χ0n) is 69.8. The average molecular weight is 1840 g/mol. The number of aliphatic carboxylic acids is 2. The predicted molar refractivity (Wildman–Crippen MR) is 484 cm³/mol. The van der Waals surface area contributed by atoms with E-state index in [1.54, 1.807) is 74.8 Å². The molecule has 0 saturated carbocycles. The molecule has 4 aromatic heterocycles. The molecular weight excluding hydrogens is 1740 g/mol. The summed E-state index contributed by atoms with van der Waals surface area (Å²) in [5, 5.41) is 34.5. The van der Waals surface area contributed by atoms with Crippen LogP contribution in [0.1, 0.15) is 157 Å². The number of likely N-dealkylation sites (tertiary alicyclic amines) is 4. The zero-order valence-corrected chi connectivity index (χ0v) is 76.1. The van der Waals surface area contributed by atoms with Gasteiger partial charge in [-0.25, -0.2) is 9.59 Å². The Hall–Kier alpha value is -10.3. The standard InChI is InChI=1S/C26H27ClN2O4S.C25H25ClN2O4S.C15H15NO3S.C14H13NO3S.C13H18ClNO2.ClH/c1-26(12-14-29(26)24(31)21-17-34-22-10-4-3-9-20(21)22)25(32)28(13-6-11-23(30)33-2)16-18-7-5-8-19(27)15-18;1-25(11-13-28(25)23(31)20-16-33-21-9-3-2-8-19(20)21)24(32)27(12-5-10-22(29)30)15-17-6-4-7-18(26)14-17;1-15(14(18)19-2)7-8-16(15)13(17)11-9-20-12-6-4-3-5-10(11)12;1-14(13(17)18)6-7-15(14)12(16)10-8-19-11-5-3-2-4-9(10)11;1-2-17-13(16)7-4-8-15-10-11-5-3-6-12(14)9-11;/h3-5,7-10,15,17H,6,11-14,16H2,1-2H3;2-4,6-9,14,16H,5,10-13,15H2,1H3,(H,29,30);3-6,9H,7-8H2,1-2H3;2-5,8H,6-7H2,1H3,(H,17,18);3,5-6,9,15H,2,4,7-8,10H2,1H3;1H/p-1/t26-;25-;15-;14-;;/m1111../s1. The van der Waals surface area contributed by atoms with Crippen LogP contribution in [0.2, 0.25) is 15.1 Å². The van der Waals surface area contributed by atoms with Crippen LogP contribution in [-0.2, 0) is 67.4 Å². The lowest BCUT2D eigenvalue weighted by Gasteiger charge is -2.51. The maximum Gasteiger partial charge on any atom is 0.331 e. The number of ether oxygens (including phenoxy) is 3. The van der Waals surface area contributed by atoms with E-state index in [1.165, 1.54) is 53.1 Å². The molecule has 0 unspecified atom stereocenters. The summed E-state index contributed by atoms with van der Waals surface area (Å²) >= 11 is 24.2. The van der Waals surface area contributed by atoms with Crippen molar-refractivity contribution in [2.45, 2.75) is 141 Å². The van der Waals surface area contributed by atoms with Crippen LogP contribution in [-0.4, -0.2) is 194 Å². The third-order valence-corrected chi connectivity index (χ3v) is 27.3. The fraction of sp³-hybridized carbons (Fsp3) is 0.344. The first kappa shape index (κ1) is 95.9. The van der Waals surface area contributed by atoms with Gasteiger partial charge in [-0.2, -0.15) is 0 Å². The molecule has 0 bridgehead atoms. The van der Waals surface area contributed by atoms with Crippen molar-refractivity contribution in [3.63, 3.8) is 0 Å². The number of carboxylic acids is 2. The van der Waals surface area contributed by atoms with E-state index in [4.69, 9.17) is 54.1 Å². The van der Waals surface area contributed by atoms with Crippen LogP contribution in [0, 0.1) is 0 Å². The molecule has 4 saturated heterocycles. The van der Waals surface area contributed by atoms with Crippen molar-refractivity contribution in [3.8, 4) is 0 Å². The van der Waals surface area contributed by atoms with Crippen molar-refractivity contribution < 1.29 is 89.6 Å². The normalized spacial score (nSPS) is 17.7. The SMILES string of the molecule is CCOC(=O)CCCNCc1cccc(Cl)c1.COC(=O)CCCN(Cc1cccc(Cl)c1)C(=O)[C@@]1(C)CCN1C(=O)c1csc2ccccc12.COC(=O)[C@@]1(C)CCN1C(=O)c1csc2ccccc12.C[C@]1(C(=O)N(CCCC(=O)O)Cc2cccc(Cl)c2)CCN1C(=O)c1csc2ccccc12.C[C@]1(C(=O)O)CCN1C(=O)c1csc2ccccc12.[Cl-]. The van der Waals surface area contributed by atoms with Crippen molar-refractivity contribution >= 4 is 186 Å². The quantitative estimate of drug-likeness (QED) is 0.0245. The maximum absolute atomic E-state index is 13.8. The van der Waals surface area contributed by atoms with Gasteiger partial charge in [-0.1, -0.05) is 144 Å². The molecule has 15 rings (SSSR count). The molecular formula is C93H98Cl4N7O16S4-. The van der Waals surface area contributed by atoms with Crippen LogP contribution >= 0.6 is 80.1 Å². The van der Waals surface area contributed by atoms with Gasteiger partial charge in [0.05, 0.1) is 43.1 Å². The number of methoxy groups -OCH3 is 2. The Kier molecular flexibility index (Phi) is 33.7. The van der Waals surface area contributed by atoms with Gasteiger partial charge in [-0.15, -0.1) is 45.3 Å². The van der Waals surface area contributed by atoms with E-state index in [1.807, 2.05) is 187 Å². The Labute approximate surface area is 757 Å². The van der Waals surface area contributed by atoms with Gasteiger partial charge >= 0.3 is 29.8 Å². The van der Waals surface area contributed by atoms with Crippen LogP contribution < -0.4 is 17.7 Å². The molecule has 11 aromatic rings. The fourth-order valence-corrected chi connectivity index (χ4v) is 19.5. The molecule has 654 valence electrons. The molecule has 7 aromatic carbocycles. The molecule has 4 aliphatic rings. The highest BCUT2D eigenvalue weighted by Gasteiger charge is 2.55. The predicted octanol–water partition coefficient (Wildman–Crippen LogP) is 15.2. The number of fused-ring (bicyclic) bond motifs is 4. The molecule has 23 nitrogen and oxygen atoms in total. The highest BCUT2D eigenvalue weighted by atomic mass is 35.5. The summed E-state index contributed by atoms with van der Waals surface area (Å²) in [4.78, 5) is 146. The molecule has 4 fully saturated rings. The second-order valence-corrected chi connectivity index (χ2v) is 35.9. The smallest absolute Gasteiger partial charge is 0.331 e. The Balaban J connectivity index is 0.000000167. The topological polar surface area (TPSA) is 287 Å². The number of hydrogen-bond acceptors (Lipinski definition) is 19. The summed E-state index contributed by atoms with van der Waals surface area (Å²) in [6.45, 7) is 14.3. The molecule has 0 radical (unpaired) electrons. The van der Waals surface area contributed by atoms with Crippen molar-refractivity contribution in [2.24, 2.45) is 0 Å². The van der Waals surface area contributed by atoms with Crippen molar-refractivity contribution in [1.82, 2.24) is 34.7 Å². The van der Waals surface area contributed by atoms with E-state index in [0.29, 0.717) is 130 Å². The third kappa shape index (κ3) is 22.5. The van der Waals surface area contributed by atoms with Gasteiger partial charge in [0.2, 0.25) is 11.8 Å². The number of rotatable bonds is 27. The van der Waals surface area contributed by atoms with Crippen LogP contribution in [0.4, 0.5) is 0 Å². The van der Waals surface area contributed by atoms with Crippen molar-refractivity contribution in [1.29, 1.82) is 0 Å². The minimum Gasteiger partial charge on any atom is -1.00 e. The number of carboxylic acid groups (broad SMARTS) is 2. The number of nitrogens with zero attached hydrogens (tertiary/aromatic N) is 6. The summed E-state index contributed by atoms with van der Waals surface area (Å²) in [5.74, 6) is -3.49. The Bertz CT molecular complexity index is 5700. The maximum atomic E-state index is 13.8. The lowest BCUT2D eigenvalue weighted by Crippen LogP contribution is -3.00. The third-order valence-electron chi connectivity index (χ3n) is 22.7. The number of thiophene rings is 4. The first-order chi connectivity index (χ1) is 59.0. The Morgan fingerprint density at radius 1 is 0.427 bits per heavy atom. The molecule has 4 atom stereocenters. The number of carbonyl (C=O) groups excluding carboxylic acids is 9. The minimum atomic E-state index is -1.06. The van der Waals surface area contributed by atoms with Crippen LogP contribution in [0.25, 0.3) is 40.3 Å². The molecule has 6 amide bonds. The fourth-order valence-electron chi connectivity index (χ4n) is 15.1. The number of amides is 6. The monoisotopic (exact) mass is 1840 g/mol. The summed E-state index contributed by atoms with van der Waals surface area (Å²) in [5.41, 5.74) is 1.62. The Morgan fingerprint density at radius 2 is 0.766 bits per heavy atom. The van der Waals surface area contributed by atoms with E-state index in [9.17, 15) is 57.8 Å². The zero-order chi connectivity index (χ0) is 88.3. The largest absolute Gasteiger partial charge is 1.00 e. The number of nitrogens with one attached hydrogen (secondary N) is 1. The highest BCUT2D eigenvalue weighted by Crippen LogP contribution is 2.42. The van der Waals surface area contributed by atoms with Crippen molar-refractivity contribution in [3.05, 3.63) is 245 Å². The minimum absolute atomic E-state index is 0. The van der Waals surface area contributed by atoms with E-state index in [2.05, 4.69) is 5.32 Å². The van der Waals surface area contributed by atoms with E-state index in [0.717, 1.165) is 81.6 Å². The van der Waals surface area contributed by atoms with Gasteiger partial charge in [0.25, 0.3) is 23.6 Å². The second kappa shape index (κ2) is 43.5. The average Bonchev–Trinajstić information content (AvgIpc) is 1.24. The van der Waals surface area contributed by atoms with E-state index in [-0.39, 0.29) is 85.1 Å². The number of hydrogen-bond donors (Lipinski definition) is 3. The highest BCUT2D eigenvalue weighted by molar-refractivity contribution is 7.18. The molecule has 4 aliphatic heterocycles.